The van der Waals surface area contributed by atoms with Gasteiger partial charge in [-0.25, -0.2) is 0 Å². The molecular weight excluding hydrogens is 182 g/mol. The lowest BCUT2D eigenvalue weighted by atomic mass is 9.81. The first-order valence-corrected chi connectivity index (χ1v) is 6.93. The van der Waals surface area contributed by atoms with Gasteiger partial charge in [0.05, 0.1) is 0 Å². The SMILES string of the molecule is CCC(C)CNCCC1CCC(C)CC1. The summed E-state index contributed by atoms with van der Waals surface area (Å²) in [5.74, 6) is 2.86. The van der Waals surface area contributed by atoms with Gasteiger partial charge in [0.25, 0.3) is 0 Å². The molecule has 1 nitrogen and oxygen atoms in total. The molecule has 0 heterocycles. The molecule has 1 heteroatoms. The van der Waals surface area contributed by atoms with Crippen molar-refractivity contribution in [2.24, 2.45) is 17.8 Å². The third-order valence-corrected chi connectivity index (χ3v) is 4.05. The summed E-state index contributed by atoms with van der Waals surface area (Å²) < 4.78 is 0. The maximum atomic E-state index is 3.59. The third kappa shape index (κ3) is 5.55. The number of nitrogens with one attached hydrogen (secondary N) is 1. The highest BCUT2D eigenvalue weighted by Crippen LogP contribution is 2.29. The summed E-state index contributed by atoms with van der Waals surface area (Å²) >= 11 is 0. The van der Waals surface area contributed by atoms with E-state index in [0.717, 1.165) is 17.8 Å². The molecule has 0 aliphatic heterocycles. The zero-order chi connectivity index (χ0) is 11.1. The van der Waals surface area contributed by atoms with Crippen molar-refractivity contribution in [3.8, 4) is 0 Å². The van der Waals surface area contributed by atoms with E-state index >= 15 is 0 Å². The lowest BCUT2D eigenvalue weighted by Crippen LogP contribution is -2.24. The minimum atomic E-state index is 0.844. The number of rotatable bonds is 6. The van der Waals surface area contributed by atoms with Crippen LogP contribution in [0.25, 0.3) is 0 Å². The molecular formula is C14H29N. The number of hydrogen-bond acceptors (Lipinski definition) is 1. The second kappa shape index (κ2) is 7.27. The topological polar surface area (TPSA) is 12.0 Å². The van der Waals surface area contributed by atoms with Crippen LogP contribution in [0.1, 0.15) is 59.3 Å². The van der Waals surface area contributed by atoms with E-state index < -0.39 is 0 Å². The fourth-order valence-electron chi connectivity index (χ4n) is 2.42. The van der Waals surface area contributed by atoms with Gasteiger partial charge in [-0.3, -0.25) is 0 Å². The van der Waals surface area contributed by atoms with Crippen LogP contribution in [0.15, 0.2) is 0 Å². The molecule has 0 radical (unpaired) electrons. The van der Waals surface area contributed by atoms with Gasteiger partial charge in [0.2, 0.25) is 0 Å². The molecule has 15 heavy (non-hydrogen) atoms. The van der Waals surface area contributed by atoms with Gasteiger partial charge < -0.3 is 5.32 Å². The van der Waals surface area contributed by atoms with E-state index in [1.807, 2.05) is 0 Å². The quantitative estimate of drug-likeness (QED) is 0.658. The Morgan fingerprint density at radius 2 is 1.87 bits per heavy atom. The van der Waals surface area contributed by atoms with E-state index in [2.05, 4.69) is 26.1 Å². The maximum absolute atomic E-state index is 3.59. The molecule has 90 valence electrons. The van der Waals surface area contributed by atoms with Crippen LogP contribution in [0.3, 0.4) is 0 Å². The van der Waals surface area contributed by atoms with Gasteiger partial charge in [-0.15, -0.1) is 0 Å². The summed E-state index contributed by atoms with van der Waals surface area (Å²) in [6.07, 6.45) is 8.60. The van der Waals surface area contributed by atoms with Crippen LogP contribution in [0.4, 0.5) is 0 Å². The van der Waals surface area contributed by atoms with Crippen LogP contribution >= 0.6 is 0 Å². The Bertz CT molecular complexity index is 147. The molecule has 1 aliphatic carbocycles. The lowest BCUT2D eigenvalue weighted by Gasteiger charge is -2.26. The predicted molar refractivity (Wildman–Crippen MR) is 68.1 cm³/mol. The molecule has 0 spiro atoms. The summed E-state index contributed by atoms with van der Waals surface area (Å²) in [7, 11) is 0. The van der Waals surface area contributed by atoms with Gasteiger partial charge in [-0.2, -0.15) is 0 Å². The Hall–Kier alpha value is -0.0400. The summed E-state index contributed by atoms with van der Waals surface area (Å²) in [5.41, 5.74) is 0. The van der Waals surface area contributed by atoms with Gasteiger partial charge in [-0.05, 0) is 37.3 Å². The Kier molecular flexibility index (Phi) is 6.31. The monoisotopic (exact) mass is 211 g/mol. The molecule has 1 N–H and O–H groups in total. The largest absolute Gasteiger partial charge is 0.316 e. The molecule has 0 saturated heterocycles. The molecule has 1 fully saturated rings. The van der Waals surface area contributed by atoms with Crippen molar-refractivity contribution in [2.75, 3.05) is 13.1 Å². The van der Waals surface area contributed by atoms with Crippen LogP contribution < -0.4 is 5.32 Å². The lowest BCUT2D eigenvalue weighted by molar-refractivity contribution is 0.274. The molecule has 0 bridgehead atoms. The van der Waals surface area contributed by atoms with Crippen LogP contribution in [0.2, 0.25) is 0 Å². The van der Waals surface area contributed by atoms with Gasteiger partial charge in [0.15, 0.2) is 0 Å². The highest BCUT2D eigenvalue weighted by molar-refractivity contribution is 4.70. The molecule has 1 unspecified atom stereocenters. The first-order chi connectivity index (χ1) is 7.22. The first kappa shape index (κ1) is 13.0. The standard InChI is InChI=1S/C14H29N/c1-4-12(2)11-15-10-9-14-7-5-13(3)6-8-14/h12-15H,4-11H2,1-3H3. The first-order valence-electron chi connectivity index (χ1n) is 6.93. The van der Waals surface area contributed by atoms with E-state index in [9.17, 15) is 0 Å². The summed E-state index contributed by atoms with van der Waals surface area (Å²) in [6, 6.07) is 0. The second-order valence-corrected chi connectivity index (χ2v) is 5.63. The maximum Gasteiger partial charge on any atom is -0.00233 e. The van der Waals surface area contributed by atoms with Crippen LogP contribution in [-0.2, 0) is 0 Å². The third-order valence-electron chi connectivity index (χ3n) is 4.05. The Balaban J connectivity index is 1.96. The van der Waals surface area contributed by atoms with Crippen LogP contribution in [-0.4, -0.2) is 13.1 Å². The zero-order valence-electron chi connectivity index (χ0n) is 10.9. The Morgan fingerprint density at radius 1 is 1.20 bits per heavy atom. The highest BCUT2D eigenvalue weighted by Gasteiger charge is 2.17. The summed E-state index contributed by atoms with van der Waals surface area (Å²) in [4.78, 5) is 0. The normalized spacial score (nSPS) is 29.0. The second-order valence-electron chi connectivity index (χ2n) is 5.63. The van der Waals surface area contributed by atoms with Crippen molar-refractivity contribution in [2.45, 2.75) is 59.3 Å². The molecule has 1 rings (SSSR count). The minimum Gasteiger partial charge on any atom is -0.316 e. The van der Waals surface area contributed by atoms with E-state index in [-0.39, 0.29) is 0 Å². The van der Waals surface area contributed by atoms with Crippen molar-refractivity contribution in [1.82, 2.24) is 5.32 Å². The van der Waals surface area contributed by atoms with Gasteiger partial charge >= 0.3 is 0 Å². The number of hydrogen-bond donors (Lipinski definition) is 1. The van der Waals surface area contributed by atoms with E-state index in [1.54, 1.807) is 0 Å². The van der Waals surface area contributed by atoms with Crippen molar-refractivity contribution in [3.63, 3.8) is 0 Å². The highest BCUT2D eigenvalue weighted by atomic mass is 14.8. The molecule has 0 aromatic rings. The van der Waals surface area contributed by atoms with Crippen LogP contribution in [0.5, 0.6) is 0 Å². The smallest absolute Gasteiger partial charge is 0.00233 e. The minimum absolute atomic E-state index is 0.844. The molecule has 0 amide bonds. The van der Waals surface area contributed by atoms with Crippen molar-refractivity contribution in [3.05, 3.63) is 0 Å². The van der Waals surface area contributed by atoms with Gasteiger partial charge in [0.1, 0.15) is 0 Å². The molecule has 0 aromatic heterocycles. The van der Waals surface area contributed by atoms with Crippen molar-refractivity contribution >= 4 is 0 Å². The van der Waals surface area contributed by atoms with E-state index in [4.69, 9.17) is 0 Å². The molecule has 1 aliphatic rings. The van der Waals surface area contributed by atoms with Gasteiger partial charge in [-0.1, -0.05) is 52.9 Å². The molecule has 1 atom stereocenters. The Morgan fingerprint density at radius 3 is 2.47 bits per heavy atom. The van der Waals surface area contributed by atoms with Gasteiger partial charge in [0, 0.05) is 0 Å². The summed E-state index contributed by atoms with van der Waals surface area (Å²) in [6.45, 7) is 9.45. The van der Waals surface area contributed by atoms with Crippen molar-refractivity contribution < 1.29 is 0 Å². The fourth-order valence-corrected chi connectivity index (χ4v) is 2.42. The fraction of sp³-hybridized carbons (Fsp3) is 1.00. The molecule has 1 saturated carbocycles. The Labute approximate surface area is 96.0 Å². The summed E-state index contributed by atoms with van der Waals surface area (Å²) in [5, 5.41) is 3.59. The van der Waals surface area contributed by atoms with E-state index in [1.165, 1.54) is 51.6 Å². The molecule has 0 aromatic carbocycles. The van der Waals surface area contributed by atoms with E-state index in [0.29, 0.717) is 0 Å². The average molecular weight is 211 g/mol. The average Bonchev–Trinajstić information content (AvgIpc) is 2.26. The van der Waals surface area contributed by atoms with Crippen LogP contribution in [0, 0.1) is 17.8 Å². The zero-order valence-corrected chi connectivity index (χ0v) is 10.9. The predicted octanol–water partition coefficient (Wildman–Crippen LogP) is 3.84. The van der Waals surface area contributed by atoms with Crippen molar-refractivity contribution in [1.29, 1.82) is 0 Å².